The van der Waals surface area contributed by atoms with Crippen LogP contribution in [0.15, 0.2) is 67.8 Å². The van der Waals surface area contributed by atoms with Crippen LogP contribution in [-0.2, 0) is 0 Å². The molecule has 0 fully saturated rings. The van der Waals surface area contributed by atoms with Crippen molar-refractivity contribution in [2.24, 2.45) is 0 Å². The van der Waals surface area contributed by atoms with Crippen LogP contribution in [0.1, 0.15) is 11.1 Å². The number of aromatic nitrogens is 1. The Morgan fingerprint density at radius 2 is 1.55 bits per heavy atom. The second kappa shape index (κ2) is 5.14. The highest BCUT2D eigenvalue weighted by Gasteiger charge is 2.06. The maximum Gasteiger partial charge on any atom is 0.0787 e. The SMILES string of the molecule is C=Cc1ccc2ccc(-c3ccccc3)nc2c1C=C. The van der Waals surface area contributed by atoms with Crippen LogP contribution in [0.3, 0.4) is 0 Å². The molecule has 0 bridgehead atoms. The van der Waals surface area contributed by atoms with E-state index in [-0.39, 0.29) is 0 Å². The van der Waals surface area contributed by atoms with Crippen LogP contribution in [0.4, 0.5) is 0 Å². The van der Waals surface area contributed by atoms with Gasteiger partial charge in [-0.3, -0.25) is 0 Å². The zero-order chi connectivity index (χ0) is 13.9. The summed E-state index contributed by atoms with van der Waals surface area (Å²) in [5, 5.41) is 1.12. The highest BCUT2D eigenvalue weighted by atomic mass is 14.7. The molecule has 2 aromatic carbocycles. The van der Waals surface area contributed by atoms with Gasteiger partial charge in [-0.15, -0.1) is 0 Å². The fourth-order valence-corrected chi connectivity index (χ4v) is 2.39. The third kappa shape index (κ3) is 2.04. The average molecular weight is 257 g/mol. The molecule has 0 amide bonds. The lowest BCUT2D eigenvalue weighted by molar-refractivity contribution is 1.39. The van der Waals surface area contributed by atoms with Gasteiger partial charge in [-0.2, -0.15) is 0 Å². The Hall–Kier alpha value is -2.67. The standard InChI is InChI=1S/C19H15N/c1-3-14-10-11-16-12-13-18(15-8-6-5-7-9-15)20-19(16)17(14)4-2/h3-13H,1-2H2. The van der Waals surface area contributed by atoms with Gasteiger partial charge in [-0.25, -0.2) is 4.98 Å². The van der Waals surface area contributed by atoms with E-state index in [1.165, 1.54) is 0 Å². The van der Waals surface area contributed by atoms with Gasteiger partial charge in [0.1, 0.15) is 0 Å². The normalized spacial score (nSPS) is 10.4. The quantitative estimate of drug-likeness (QED) is 0.629. The molecule has 1 aromatic heterocycles. The van der Waals surface area contributed by atoms with Crippen molar-refractivity contribution in [1.82, 2.24) is 4.98 Å². The van der Waals surface area contributed by atoms with E-state index in [0.29, 0.717) is 0 Å². The van der Waals surface area contributed by atoms with Crippen LogP contribution in [0, 0.1) is 0 Å². The first-order valence-corrected chi connectivity index (χ1v) is 6.57. The van der Waals surface area contributed by atoms with Crippen molar-refractivity contribution in [2.45, 2.75) is 0 Å². The number of nitrogens with zero attached hydrogens (tertiary/aromatic N) is 1. The van der Waals surface area contributed by atoms with Crippen LogP contribution in [0.5, 0.6) is 0 Å². The predicted molar refractivity (Wildman–Crippen MR) is 87.4 cm³/mol. The number of hydrogen-bond acceptors (Lipinski definition) is 1. The minimum Gasteiger partial charge on any atom is -0.247 e. The van der Waals surface area contributed by atoms with Crippen molar-refractivity contribution in [2.75, 3.05) is 0 Å². The fraction of sp³-hybridized carbons (Fsp3) is 0. The molecule has 0 spiro atoms. The number of benzene rings is 2. The first kappa shape index (κ1) is 12.4. The number of pyridine rings is 1. The molecule has 0 saturated carbocycles. The lowest BCUT2D eigenvalue weighted by Crippen LogP contribution is -1.90. The van der Waals surface area contributed by atoms with Crippen molar-refractivity contribution < 1.29 is 0 Å². The summed E-state index contributed by atoms with van der Waals surface area (Å²) < 4.78 is 0. The molecule has 3 aromatic rings. The van der Waals surface area contributed by atoms with Crippen LogP contribution in [0.25, 0.3) is 34.3 Å². The molecule has 1 heteroatoms. The molecule has 1 heterocycles. The molecular formula is C19H15N. The zero-order valence-corrected chi connectivity index (χ0v) is 11.2. The van der Waals surface area contributed by atoms with Gasteiger partial charge in [0, 0.05) is 16.5 Å². The second-order valence-electron chi connectivity index (χ2n) is 4.61. The Morgan fingerprint density at radius 3 is 2.25 bits per heavy atom. The largest absolute Gasteiger partial charge is 0.247 e. The van der Waals surface area contributed by atoms with E-state index in [2.05, 4.69) is 49.6 Å². The summed E-state index contributed by atoms with van der Waals surface area (Å²) in [7, 11) is 0. The van der Waals surface area contributed by atoms with Crippen LogP contribution >= 0.6 is 0 Å². The summed E-state index contributed by atoms with van der Waals surface area (Å²) in [6.45, 7) is 7.76. The maximum atomic E-state index is 4.81. The molecule has 0 saturated heterocycles. The average Bonchev–Trinajstić information content (AvgIpc) is 2.54. The van der Waals surface area contributed by atoms with Crippen molar-refractivity contribution in [1.29, 1.82) is 0 Å². The van der Waals surface area contributed by atoms with E-state index < -0.39 is 0 Å². The highest BCUT2D eigenvalue weighted by molar-refractivity contribution is 5.92. The van der Waals surface area contributed by atoms with Gasteiger partial charge in [0.2, 0.25) is 0 Å². The van der Waals surface area contributed by atoms with E-state index in [4.69, 9.17) is 4.98 Å². The van der Waals surface area contributed by atoms with Crippen molar-refractivity contribution in [3.63, 3.8) is 0 Å². The Kier molecular flexibility index (Phi) is 3.18. The molecule has 0 aliphatic heterocycles. The van der Waals surface area contributed by atoms with Gasteiger partial charge >= 0.3 is 0 Å². The summed E-state index contributed by atoms with van der Waals surface area (Å²) in [5.74, 6) is 0. The lowest BCUT2D eigenvalue weighted by atomic mass is 10.0. The summed E-state index contributed by atoms with van der Waals surface area (Å²) in [4.78, 5) is 4.81. The molecule has 1 nitrogen and oxygen atoms in total. The van der Waals surface area contributed by atoms with E-state index in [1.54, 1.807) is 0 Å². The Bertz CT molecular complexity index is 785. The molecular weight excluding hydrogens is 242 g/mol. The smallest absolute Gasteiger partial charge is 0.0787 e. The van der Waals surface area contributed by atoms with Gasteiger partial charge in [-0.05, 0) is 11.6 Å². The molecule has 0 atom stereocenters. The molecule has 0 aliphatic carbocycles. The molecule has 0 N–H and O–H groups in total. The van der Waals surface area contributed by atoms with Crippen LogP contribution < -0.4 is 0 Å². The summed E-state index contributed by atoms with van der Waals surface area (Å²) >= 11 is 0. The minimum atomic E-state index is 0.971. The van der Waals surface area contributed by atoms with Crippen LogP contribution in [0.2, 0.25) is 0 Å². The fourth-order valence-electron chi connectivity index (χ4n) is 2.39. The van der Waals surface area contributed by atoms with Gasteiger partial charge in [0.05, 0.1) is 11.2 Å². The van der Waals surface area contributed by atoms with E-state index in [9.17, 15) is 0 Å². The minimum absolute atomic E-state index is 0.971. The van der Waals surface area contributed by atoms with E-state index in [1.807, 2.05) is 30.4 Å². The molecule has 96 valence electrons. The van der Waals surface area contributed by atoms with Crippen molar-refractivity contribution >= 4 is 23.1 Å². The predicted octanol–water partition coefficient (Wildman–Crippen LogP) is 5.19. The van der Waals surface area contributed by atoms with Gasteiger partial charge in [-0.1, -0.05) is 73.8 Å². The molecule has 0 radical (unpaired) electrons. The first-order valence-electron chi connectivity index (χ1n) is 6.57. The topological polar surface area (TPSA) is 12.9 Å². The molecule has 20 heavy (non-hydrogen) atoms. The Labute approximate surface area is 118 Å². The van der Waals surface area contributed by atoms with E-state index >= 15 is 0 Å². The van der Waals surface area contributed by atoms with Gasteiger partial charge in [0.25, 0.3) is 0 Å². The highest BCUT2D eigenvalue weighted by Crippen LogP contribution is 2.26. The summed E-state index contributed by atoms with van der Waals surface area (Å²) in [5.41, 5.74) is 5.16. The van der Waals surface area contributed by atoms with Crippen molar-refractivity contribution in [3.8, 4) is 11.3 Å². The Morgan fingerprint density at radius 1 is 0.800 bits per heavy atom. The number of fused-ring (bicyclic) bond motifs is 1. The summed E-state index contributed by atoms with van der Waals surface area (Å²) in [6, 6.07) is 18.5. The van der Waals surface area contributed by atoms with Crippen LogP contribution in [-0.4, -0.2) is 4.98 Å². The second-order valence-corrected chi connectivity index (χ2v) is 4.61. The molecule has 0 unspecified atom stereocenters. The lowest BCUT2D eigenvalue weighted by Gasteiger charge is -2.08. The number of rotatable bonds is 3. The summed E-state index contributed by atoms with van der Waals surface area (Å²) in [6.07, 6.45) is 3.69. The third-order valence-corrected chi connectivity index (χ3v) is 3.43. The van der Waals surface area contributed by atoms with Gasteiger partial charge < -0.3 is 0 Å². The number of hydrogen-bond donors (Lipinski definition) is 0. The third-order valence-electron chi connectivity index (χ3n) is 3.43. The van der Waals surface area contributed by atoms with Gasteiger partial charge in [0.15, 0.2) is 0 Å². The monoisotopic (exact) mass is 257 g/mol. The molecule has 3 rings (SSSR count). The zero-order valence-electron chi connectivity index (χ0n) is 11.2. The molecule has 0 aliphatic rings. The van der Waals surface area contributed by atoms with E-state index in [0.717, 1.165) is 33.3 Å². The first-order chi connectivity index (χ1) is 9.83. The Balaban J connectivity index is 2.29. The maximum absolute atomic E-state index is 4.81. The van der Waals surface area contributed by atoms with Crippen molar-refractivity contribution in [3.05, 3.63) is 78.9 Å².